The molecule has 3 N–H and O–H groups in total. The van der Waals surface area contributed by atoms with E-state index >= 15 is 0 Å². The fraction of sp³-hybridized carbons (Fsp3) is 0.292. The van der Waals surface area contributed by atoms with Crippen molar-refractivity contribution in [1.82, 2.24) is 15.3 Å². The Labute approximate surface area is 186 Å². The van der Waals surface area contributed by atoms with Crippen molar-refractivity contribution in [2.75, 3.05) is 12.3 Å². The lowest BCUT2D eigenvalue weighted by Gasteiger charge is -2.21. The molecule has 0 aliphatic heterocycles. The molecule has 0 saturated heterocycles. The van der Waals surface area contributed by atoms with Gasteiger partial charge in [0.25, 0.3) is 5.91 Å². The van der Waals surface area contributed by atoms with Crippen LogP contribution in [0.5, 0.6) is 0 Å². The summed E-state index contributed by atoms with van der Waals surface area (Å²) in [6.45, 7) is 7.38. The molecule has 1 heterocycles. The van der Waals surface area contributed by atoms with Gasteiger partial charge < -0.3 is 11.1 Å². The molecule has 0 spiro atoms. The highest BCUT2D eigenvalue weighted by Gasteiger charge is 2.20. The van der Waals surface area contributed by atoms with Gasteiger partial charge in [-0.1, -0.05) is 56.2 Å². The lowest BCUT2D eigenvalue weighted by atomic mass is 9.87. The van der Waals surface area contributed by atoms with Crippen LogP contribution in [0.15, 0.2) is 60.3 Å². The zero-order valence-corrected chi connectivity index (χ0v) is 18.1. The summed E-state index contributed by atoms with van der Waals surface area (Å²) in [6, 6.07) is 4.32. The lowest BCUT2D eigenvalue weighted by molar-refractivity contribution is 0.0953. The number of halogens is 2. The largest absolute Gasteiger partial charge is 0.382 e. The summed E-state index contributed by atoms with van der Waals surface area (Å²) < 4.78 is 14.8. The Hall–Kier alpha value is -2.99. The van der Waals surface area contributed by atoms with Crippen molar-refractivity contribution in [3.63, 3.8) is 0 Å². The highest BCUT2D eigenvalue weighted by atomic mass is 35.5. The lowest BCUT2D eigenvalue weighted by Crippen LogP contribution is -2.26. The number of aromatic nitrogens is 2. The average molecular weight is 441 g/mol. The first kappa shape index (κ1) is 22.7. The smallest absolute Gasteiger partial charge is 0.254 e. The van der Waals surface area contributed by atoms with Crippen LogP contribution in [0.3, 0.4) is 0 Å². The van der Waals surface area contributed by atoms with Gasteiger partial charge in [-0.3, -0.25) is 4.79 Å². The summed E-state index contributed by atoms with van der Waals surface area (Å²) in [5.74, 6) is -0.623. The van der Waals surface area contributed by atoms with Crippen LogP contribution in [0, 0.1) is 5.82 Å². The van der Waals surface area contributed by atoms with E-state index in [0.29, 0.717) is 27.8 Å². The highest BCUT2D eigenvalue weighted by Crippen LogP contribution is 2.33. The van der Waals surface area contributed by atoms with Crippen LogP contribution in [0.1, 0.15) is 54.1 Å². The van der Waals surface area contributed by atoms with Crippen molar-refractivity contribution < 1.29 is 9.18 Å². The van der Waals surface area contributed by atoms with Gasteiger partial charge in [0.1, 0.15) is 17.3 Å². The van der Waals surface area contributed by atoms with E-state index in [2.05, 4.69) is 28.4 Å². The first-order valence-corrected chi connectivity index (χ1v) is 10.6. The molecule has 1 amide bonds. The molecular weight excluding hydrogens is 415 g/mol. The van der Waals surface area contributed by atoms with Crippen LogP contribution >= 0.6 is 11.6 Å². The fourth-order valence-electron chi connectivity index (χ4n) is 3.73. The molecule has 0 radical (unpaired) electrons. The average Bonchev–Trinajstić information content (AvgIpc) is 2.77. The van der Waals surface area contributed by atoms with Crippen molar-refractivity contribution >= 4 is 23.3 Å². The Morgan fingerprint density at radius 2 is 2.06 bits per heavy atom. The third-order valence-corrected chi connectivity index (χ3v) is 5.50. The Balaban J connectivity index is 1.79. The van der Waals surface area contributed by atoms with Gasteiger partial charge in [0.2, 0.25) is 0 Å². The van der Waals surface area contributed by atoms with Crippen LogP contribution in [-0.2, 0) is 0 Å². The van der Waals surface area contributed by atoms with E-state index < -0.39 is 11.7 Å². The number of nitrogen functional groups attached to an aromatic ring is 1. The van der Waals surface area contributed by atoms with Gasteiger partial charge in [-0.2, -0.15) is 0 Å². The third-order valence-electron chi connectivity index (χ3n) is 5.39. The summed E-state index contributed by atoms with van der Waals surface area (Å²) in [6.07, 6.45) is 10.6. The van der Waals surface area contributed by atoms with Crippen LogP contribution in [0.2, 0.25) is 0 Å². The van der Waals surface area contributed by atoms with Crippen LogP contribution < -0.4 is 11.1 Å². The monoisotopic (exact) mass is 440 g/mol. The zero-order valence-electron chi connectivity index (χ0n) is 17.3. The SMILES string of the molecule is C=C/C(=C\C(=C)Cl)CNC(=O)c1ccc(-c2nc(C3CCCCC3)cnc2N)cc1F. The number of benzene rings is 1. The number of hydrogen-bond donors (Lipinski definition) is 2. The normalized spacial score (nSPS) is 14.8. The van der Waals surface area contributed by atoms with Gasteiger partial charge in [0.15, 0.2) is 0 Å². The molecule has 7 heteroatoms. The van der Waals surface area contributed by atoms with Crippen LogP contribution in [-0.4, -0.2) is 22.4 Å². The number of nitrogens with one attached hydrogen (secondary N) is 1. The predicted molar refractivity (Wildman–Crippen MR) is 123 cm³/mol. The number of allylic oxidation sites excluding steroid dienone is 2. The van der Waals surface area contributed by atoms with Crippen LogP contribution in [0.25, 0.3) is 11.3 Å². The molecule has 3 rings (SSSR count). The summed E-state index contributed by atoms with van der Waals surface area (Å²) in [7, 11) is 0. The number of anilines is 1. The predicted octanol–water partition coefficient (Wildman–Crippen LogP) is 5.51. The topological polar surface area (TPSA) is 80.9 Å². The Morgan fingerprint density at radius 1 is 1.32 bits per heavy atom. The number of rotatable bonds is 7. The number of nitrogens with zero attached hydrogens (tertiary/aromatic N) is 2. The van der Waals surface area contributed by atoms with E-state index in [1.165, 1.54) is 31.4 Å². The van der Waals surface area contributed by atoms with Crippen molar-refractivity contribution in [2.24, 2.45) is 0 Å². The van der Waals surface area contributed by atoms with Crippen molar-refractivity contribution in [3.8, 4) is 11.3 Å². The number of amides is 1. The molecule has 1 fully saturated rings. The molecule has 1 aliphatic rings. The fourth-order valence-corrected chi connectivity index (χ4v) is 3.87. The first-order valence-electron chi connectivity index (χ1n) is 10.3. The second-order valence-corrected chi connectivity index (χ2v) is 8.10. The van der Waals surface area contributed by atoms with Gasteiger partial charge in [-0.15, -0.1) is 0 Å². The molecule has 1 aromatic heterocycles. The van der Waals surface area contributed by atoms with E-state index in [0.717, 1.165) is 18.5 Å². The molecule has 2 aromatic rings. The standard InChI is InChI=1S/C24H26ClFN4O/c1-3-16(11-15(2)25)13-29-24(31)19-10-9-18(12-20(19)26)22-23(27)28-14-21(30-22)17-7-5-4-6-8-17/h3,9-12,14,17H,1-2,4-8,13H2,(H2,27,28)(H,29,31)/b16-11+. The van der Waals surface area contributed by atoms with E-state index in [1.807, 2.05) is 0 Å². The first-order chi connectivity index (χ1) is 14.9. The van der Waals surface area contributed by atoms with Crippen molar-refractivity contribution in [3.05, 3.63) is 77.4 Å². The Kier molecular flexibility index (Phi) is 7.58. The third kappa shape index (κ3) is 5.79. The molecule has 31 heavy (non-hydrogen) atoms. The summed E-state index contributed by atoms with van der Waals surface area (Å²) in [5, 5.41) is 2.96. The quantitative estimate of drug-likeness (QED) is 0.556. The highest BCUT2D eigenvalue weighted by molar-refractivity contribution is 6.30. The molecule has 1 saturated carbocycles. The second-order valence-electron chi connectivity index (χ2n) is 7.61. The minimum Gasteiger partial charge on any atom is -0.382 e. The summed E-state index contributed by atoms with van der Waals surface area (Å²) in [5.41, 5.74) is 8.42. The maximum absolute atomic E-state index is 14.8. The minimum absolute atomic E-state index is 0.0770. The molecule has 1 aliphatic carbocycles. The number of hydrogen-bond acceptors (Lipinski definition) is 4. The van der Waals surface area contributed by atoms with E-state index in [-0.39, 0.29) is 17.9 Å². The summed E-state index contributed by atoms with van der Waals surface area (Å²) in [4.78, 5) is 21.4. The molecule has 0 bridgehead atoms. The van der Waals surface area contributed by atoms with Crippen LogP contribution in [0.4, 0.5) is 10.2 Å². The van der Waals surface area contributed by atoms with Gasteiger partial charge in [0, 0.05) is 23.1 Å². The maximum atomic E-state index is 14.8. The van der Waals surface area contributed by atoms with Crippen molar-refractivity contribution in [2.45, 2.75) is 38.0 Å². The van der Waals surface area contributed by atoms with E-state index in [4.69, 9.17) is 17.3 Å². The molecular formula is C24H26ClFN4O. The summed E-state index contributed by atoms with van der Waals surface area (Å²) >= 11 is 5.75. The molecule has 1 aromatic carbocycles. The zero-order chi connectivity index (χ0) is 22.4. The number of carbonyl (C=O) groups is 1. The second kappa shape index (κ2) is 10.4. The van der Waals surface area contributed by atoms with E-state index in [9.17, 15) is 9.18 Å². The number of nitrogens with two attached hydrogens (primary N) is 1. The minimum atomic E-state index is -0.662. The van der Waals surface area contributed by atoms with Gasteiger partial charge >= 0.3 is 0 Å². The Morgan fingerprint density at radius 3 is 2.71 bits per heavy atom. The van der Waals surface area contributed by atoms with Crippen molar-refractivity contribution in [1.29, 1.82) is 0 Å². The molecule has 5 nitrogen and oxygen atoms in total. The van der Waals surface area contributed by atoms with Gasteiger partial charge in [-0.25, -0.2) is 14.4 Å². The Bertz CT molecular complexity index is 1030. The molecule has 0 atom stereocenters. The number of carbonyl (C=O) groups excluding carboxylic acids is 1. The van der Waals surface area contributed by atoms with E-state index in [1.54, 1.807) is 24.4 Å². The van der Waals surface area contributed by atoms with Gasteiger partial charge in [0.05, 0.1) is 17.5 Å². The maximum Gasteiger partial charge on any atom is 0.254 e. The molecule has 162 valence electrons. The molecule has 0 unspecified atom stereocenters. The van der Waals surface area contributed by atoms with Gasteiger partial charge in [-0.05, 0) is 36.6 Å².